The smallest absolute Gasteiger partial charge is 0.230 e. The van der Waals surface area contributed by atoms with Gasteiger partial charge >= 0.3 is 0 Å². The van der Waals surface area contributed by atoms with Gasteiger partial charge in [0.2, 0.25) is 5.91 Å². The molecule has 0 heterocycles. The van der Waals surface area contributed by atoms with Gasteiger partial charge in [0.15, 0.2) is 11.6 Å². The van der Waals surface area contributed by atoms with Gasteiger partial charge in [0.05, 0.1) is 5.75 Å². The highest BCUT2D eigenvalue weighted by Gasteiger charge is 2.05. The van der Waals surface area contributed by atoms with E-state index in [0.29, 0.717) is 11.4 Å². The third-order valence-electron chi connectivity index (χ3n) is 1.70. The highest BCUT2D eigenvalue weighted by atomic mass is 32.2. The molecule has 1 amide bonds. The maximum absolute atomic E-state index is 12.8. The Morgan fingerprint density at radius 3 is 2.81 bits per heavy atom. The van der Waals surface area contributed by atoms with Gasteiger partial charge in [0, 0.05) is 11.4 Å². The van der Waals surface area contributed by atoms with E-state index in [1.54, 1.807) is 6.08 Å². The van der Waals surface area contributed by atoms with Crippen LogP contribution in [0.4, 0.5) is 8.78 Å². The summed E-state index contributed by atoms with van der Waals surface area (Å²) in [6.07, 6.45) is 1.57. The molecule has 0 radical (unpaired) electrons. The first-order chi connectivity index (χ1) is 7.63. The third-order valence-corrected chi connectivity index (χ3v) is 2.70. The van der Waals surface area contributed by atoms with Crippen LogP contribution in [0.5, 0.6) is 0 Å². The van der Waals surface area contributed by atoms with E-state index >= 15 is 0 Å². The average molecular weight is 243 g/mol. The second-order valence-electron chi connectivity index (χ2n) is 2.96. The number of halogens is 2. The molecule has 5 heteroatoms. The number of amides is 1. The molecule has 1 N–H and O–H groups in total. The number of benzene rings is 1. The van der Waals surface area contributed by atoms with Gasteiger partial charge in [-0.1, -0.05) is 6.08 Å². The summed E-state index contributed by atoms with van der Waals surface area (Å²) in [5, 5.41) is 2.58. The number of carbonyl (C=O) groups is 1. The first-order valence-electron chi connectivity index (χ1n) is 4.59. The van der Waals surface area contributed by atoms with Crippen LogP contribution in [0, 0.1) is 11.6 Å². The van der Waals surface area contributed by atoms with Gasteiger partial charge < -0.3 is 5.32 Å². The molecule has 0 saturated heterocycles. The molecule has 1 aromatic carbocycles. The van der Waals surface area contributed by atoms with Crippen molar-refractivity contribution >= 4 is 17.7 Å². The lowest BCUT2D eigenvalue weighted by Crippen LogP contribution is -2.24. The van der Waals surface area contributed by atoms with E-state index in [1.165, 1.54) is 6.07 Å². The van der Waals surface area contributed by atoms with E-state index in [4.69, 9.17) is 0 Å². The van der Waals surface area contributed by atoms with Gasteiger partial charge in [-0.3, -0.25) is 4.79 Å². The van der Waals surface area contributed by atoms with Crippen molar-refractivity contribution < 1.29 is 13.6 Å². The highest BCUT2D eigenvalue weighted by Crippen LogP contribution is 2.19. The molecular weight excluding hydrogens is 232 g/mol. The summed E-state index contributed by atoms with van der Waals surface area (Å²) in [5.41, 5.74) is 0. The molecule has 1 aromatic rings. The van der Waals surface area contributed by atoms with Gasteiger partial charge in [-0.05, 0) is 18.2 Å². The number of thioether (sulfide) groups is 1. The van der Waals surface area contributed by atoms with E-state index in [1.807, 2.05) is 0 Å². The van der Waals surface area contributed by atoms with Crippen LogP contribution in [0.1, 0.15) is 0 Å². The van der Waals surface area contributed by atoms with Gasteiger partial charge in [0.25, 0.3) is 0 Å². The summed E-state index contributed by atoms with van der Waals surface area (Å²) < 4.78 is 25.4. The molecule has 0 aromatic heterocycles. The van der Waals surface area contributed by atoms with Crippen molar-refractivity contribution in [2.75, 3.05) is 12.3 Å². The maximum Gasteiger partial charge on any atom is 0.230 e. The molecule has 0 bridgehead atoms. The number of hydrogen-bond donors (Lipinski definition) is 1. The fraction of sp³-hybridized carbons (Fsp3) is 0.182. The minimum Gasteiger partial charge on any atom is -0.352 e. The van der Waals surface area contributed by atoms with E-state index in [0.717, 1.165) is 23.9 Å². The zero-order valence-electron chi connectivity index (χ0n) is 8.50. The minimum atomic E-state index is -0.906. The van der Waals surface area contributed by atoms with Crippen LogP contribution in [0.2, 0.25) is 0 Å². The molecule has 16 heavy (non-hydrogen) atoms. The molecule has 0 unspecified atom stereocenters. The van der Waals surface area contributed by atoms with Gasteiger partial charge in [0.1, 0.15) is 0 Å². The van der Waals surface area contributed by atoms with Crippen LogP contribution < -0.4 is 5.32 Å². The number of nitrogens with one attached hydrogen (secondary N) is 1. The van der Waals surface area contributed by atoms with Gasteiger partial charge in [-0.25, -0.2) is 8.78 Å². The Hall–Kier alpha value is -1.36. The van der Waals surface area contributed by atoms with Crippen LogP contribution in [-0.2, 0) is 4.79 Å². The Morgan fingerprint density at radius 2 is 2.19 bits per heavy atom. The molecular formula is C11H11F2NOS. The Morgan fingerprint density at radius 1 is 1.44 bits per heavy atom. The molecule has 0 spiro atoms. The highest BCUT2D eigenvalue weighted by molar-refractivity contribution is 8.00. The van der Waals surface area contributed by atoms with Crippen molar-refractivity contribution in [3.63, 3.8) is 0 Å². The van der Waals surface area contributed by atoms with Crippen molar-refractivity contribution in [2.24, 2.45) is 0 Å². The zero-order valence-corrected chi connectivity index (χ0v) is 9.32. The fourth-order valence-corrected chi connectivity index (χ4v) is 1.70. The van der Waals surface area contributed by atoms with Crippen molar-refractivity contribution in [2.45, 2.75) is 4.90 Å². The zero-order chi connectivity index (χ0) is 12.0. The standard InChI is InChI=1S/C11H11F2NOS/c1-2-5-14-11(15)7-16-8-3-4-9(12)10(13)6-8/h2-4,6H,1,5,7H2,(H,14,15). The number of hydrogen-bond acceptors (Lipinski definition) is 2. The summed E-state index contributed by atoms with van der Waals surface area (Å²) in [7, 11) is 0. The molecule has 2 nitrogen and oxygen atoms in total. The molecule has 86 valence electrons. The lowest BCUT2D eigenvalue weighted by atomic mass is 10.3. The first kappa shape index (κ1) is 12.7. The van der Waals surface area contributed by atoms with Gasteiger partial charge in [-0.2, -0.15) is 0 Å². The quantitative estimate of drug-likeness (QED) is 0.635. The molecule has 0 aliphatic carbocycles. The van der Waals surface area contributed by atoms with Crippen LogP contribution in [0.3, 0.4) is 0 Å². The topological polar surface area (TPSA) is 29.1 Å². The summed E-state index contributed by atoms with van der Waals surface area (Å²) in [4.78, 5) is 11.7. The minimum absolute atomic E-state index is 0.166. The monoisotopic (exact) mass is 243 g/mol. The Bertz CT molecular complexity index is 396. The van der Waals surface area contributed by atoms with Crippen molar-refractivity contribution in [3.8, 4) is 0 Å². The fourth-order valence-electron chi connectivity index (χ4n) is 0.953. The van der Waals surface area contributed by atoms with Crippen molar-refractivity contribution in [1.29, 1.82) is 0 Å². The molecule has 0 aliphatic heterocycles. The van der Waals surface area contributed by atoms with Crippen molar-refractivity contribution in [1.82, 2.24) is 5.32 Å². The predicted molar refractivity (Wildman–Crippen MR) is 60.3 cm³/mol. The SMILES string of the molecule is C=CCNC(=O)CSc1ccc(F)c(F)c1. The van der Waals surface area contributed by atoms with Crippen molar-refractivity contribution in [3.05, 3.63) is 42.5 Å². The Kier molecular flexibility index (Phi) is 4.98. The second kappa shape index (κ2) is 6.27. The third kappa shape index (κ3) is 4.02. The molecule has 0 fully saturated rings. The largest absolute Gasteiger partial charge is 0.352 e. The summed E-state index contributed by atoms with van der Waals surface area (Å²) in [6.45, 7) is 3.86. The number of carbonyl (C=O) groups excluding carboxylic acids is 1. The molecule has 0 saturated carbocycles. The Balaban J connectivity index is 2.45. The number of rotatable bonds is 5. The molecule has 0 atom stereocenters. The van der Waals surface area contributed by atoms with E-state index in [2.05, 4.69) is 11.9 Å². The van der Waals surface area contributed by atoms with Gasteiger partial charge in [-0.15, -0.1) is 18.3 Å². The maximum atomic E-state index is 12.8. The van der Waals surface area contributed by atoms with E-state index in [-0.39, 0.29) is 11.7 Å². The Labute approximate surface area is 96.7 Å². The van der Waals surface area contributed by atoms with Crippen LogP contribution in [0.15, 0.2) is 35.7 Å². The summed E-state index contributed by atoms with van der Waals surface area (Å²) >= 11 is 1.15. The van der Waals surface area contributed by atoms with E-state index in [9.17, 15) is 13.6 Å². The predicted octanol–water partition coefficient (Wildman–Crippen LogP) is 2.36. The van der Waals surface area contributed by atoms with Crippen LogP contribution in [-0.4, -0.2) is 18.2 Å². The normalized spacial score (nSPS) is 9.88. The summed E-state index contributed by atoms with van der Waals surface area (Å²) in [5.74, 6) is -1.80. The van der Waals surface area contributed by atoms with Crippen LogP contribution >= 0.6 is 11.8 Å². The molecule has 0 aliphatic rings. The lowest BCUT2D eigenvalue weighted by Gasteiger charge is -2.02. The summed E-state index contributed by atoms with van der Waals surface area (Å²) in [6, 6.07) is 3.55. The van der Waals surface area contributed by atoms with Crippen LogP contribution in [0.25, 0.3) is 0 Å². The average Bonchev–Trinajstić information content (AvgIpc) is 2.28. The van der Waals surface area contributed by atoms with E-state index < -0.39 is 11.6 Å². The lowest BCUT2D eigenvalue weighted by molar-refractivity contribution is -0.118. The molecule has 1 rings (SSSR count). The second-order valence-corrected chi connectivity index (χ2v) is 4.01. The first-order valence-corrected chi connectivity index (χ1v) is 5.57.